The van der Waals surface area contributed by atoms with Crippen LogP contribution in [0.4, 0.5) is 10.5 Å². The minimum absolute atomic E-state index is 0.318. The number of hydrogen-bond donors (Lipinski definition) is 1. The third-order valence-electron chi connectivity index (χ3n) is 4.19. The lowest BCUT2D eigenvalue weighted by atomic mass is 10.1. The van der Waals surface area contributed by atoms with Crippen molar-refractivity contribution < 1.29 is 14.3 Å². The Kier molecular flexibility index (Phi) is 4.84. The zero-order valence-corrected chi connectivity index (χ0v) is 14.2. The Morgan fingerprint density at radius 2 is 1.80 bits per heavy atom. The van der Waals surface area contributed by atoms with Crippen LogP contribution in [0, 0.1) is 6.92 Å². The van der Waals surface area contributed by atoms with Crippen molar-refractivity contribution in [2.75, 3.05) is 12.0 Å². The molecule has 0 radical (unpaired) electrons. The van der Waals surface area contributed by atoms with E-state index in [1.165, 1.54) is 7.11 Å². The second-order valence-electron chi connectivity index (χ2n) is 5.92. The molecule has 0 bridgehead atoms. The highest BCUT2D eigenvalue weighted by molar-refractivity contribution is 6.01. The Labute approximate surface area is 146 Å². The van der Waals surface area contributed by atoms with E-state index >= 15 is 0 Å². The molecule has 0 aromatic heterocycles. The molecular weight excluding hydrogens is 316 g/mol. The number of carbonyl (C=O) groups is 2. The summed E-state index contributed by atoms with van der Waals surface area (Å²) in [6.45, 7) is 1.98. The molecule has 5 heteroatoms. The van der Waals surface area contributed by atoms with Crippen LogP contribution in [0.5, 0.6) is 0 Å². The van der Waals surface area contributed by atoms with Crippen LogP contribution in [0.2, 0.25) is 0 Å². The molecular formula is C20H20N2O3. The molecule has 1 aliphatic heterocycles. The fraction of sp³-hybridized carbons (Fsp3) is 0.200. The molecule has 1 fully saturated rings. The number of methoxy groups -OCH3 is 1. The van der Waals surface area contributed by atoms with Gasteiger partial charge in [-0.1, -0.05) is 60.2 Å². The number of nitrogens with one attached hydrogen (secondary N) is 1. The fourth-order valence-electron chi connectivity index (χ4n) is 2.86. The quantitative estimate of drug-likeness (QED) is 0.873. The van der Waals surface area contributed by atoms with Gasteiger partial charge < -0.3 is 10.1 Å². The van der Waals surface area contributed by atoms with Gasteiger partial charge in [-0.3, -0.25) is 4.90 Å². The van der Waals surface area contributed by atoms with E-state index in [9.17, 15) is 9.59 Å². The highest BCUT2D eigenvalue weighted by atomic mass is 16.5. The predicted molar refractivity (Wildman–Crippen MR) is 97.3 cm³/mol. The van der Waals surface area contributed by atoms with Gasteiger partial charge >= 0.3 is 12.0 Å². The summed E-state index contributed by atoms with van der Waals surface area (Å²) in [6.07, 6.45) is 3.76. The van der Waals surface area contributed by atoms with Gasteiger partial charge in [0.1, 0.15) is 0 Å². The van der Waals surface area contributed by atoms with Crippen LogP contribution in [-0.2, 0) is 9.53 Å². The number of ether oxygens (including phenoxy) is 1. The predicted octanol–water partition coefficient (Wildman–Crippen LogP) is 3.15. The van der Waals surface area contributed by atoms with Gasteiger partial charge in [0, 0.05) is 5.69 Å². The van der Waals surface area contributed by atoms with Crippen molar-refractivity contribution in [2.24, 2.45) is 0 Å². The van der Waals surface area contributed by atoms with Crippen LogP contribution in [0.25, 0.3) is 6.08 Å². The number of aryl methyl sites for hydroxylation is 1. The fourth-order valence-corrected chi connectivity index (χ4v) is 2.86. The number of esters is 1. The number of nitrogens with zero attached hydrogens (tertiary/aromatic N) is 1. The number of hydrogen-bond acceptors (Lipinski definition) is 3. The molecule has 5 nitrogen and oxygen atoms in total. The van der Waals surface area contributed by atoms with E-state index in [1.807, 2.05) is 73.7 Å². The van der Waals surface area contributed by atoms with E-state index in [-0.39, 0.29) is 6.03 Å². The molecule has 1 heterocycles. The first-order valence-corrected chi connectivity index (χ1v) is 8.07. The molecule has 0 aliphatic carbocycles. The highest BCUT2D eigenvalue weighted by Gasteiger charge is 2.43. The van der Waals surface area contributed by atoms with Crippen LogP contribution in [0.1, 0.15) is 11.1 Å². The van der Waals surface area contributed by atoms with Crippen molar-refractivity contribution >= 4 is 23.8 Å². The first-order valence-electron chi connectivity index (χ1n) is 8.07. The van der Waals surface area contributed by atoms with Crippen molar-refractivity contribution in [2.45, 2.75) is 19.0 Å². The summed E-state index contributed by atoms with van der Waals surface area (Å²) >= 11 is 0. The van der Waals surface area contributed by atoms with Gasteiger partial charge in [-0.25, -0.2) is 9.59 Å². The van der Waals surface area contributed by atoms with Gasteiger partial charge in [-0.15, -0.1) is 0 Å². The van der Waals surface area contributed by atoms with E-state index in [1.54, 1.807) is 4.90 Å². The summed E-state index contributed by atoms with van der Waals surface area (Å²) < 4.78 is 4.85. The monoisotopic (exact) mass is 336 g/mol. The highest BCUT2D eigenvalue weighted by Crippen LogP contribution is 2.26. The summed E-state index contributed by atoms with van der Waals surface area (Å²) in [5.74, 6) is -0.467. The molecule has 2 amide bonds. The van der Waals surface area contributed by atoms with Gasteiger partial charge in [0.05, 0.1) is 13.2 Å². The molecule has 0 spiro atoms. The number of amides is 2. The van der Waals surface area contributed by atoms with Gasteiger partial charge in [0.2, 0.25) is 0 Å². The van der Waals surface area contributed by atoms with Crippen LogP contribution < -0.4 is 10.2 Å². The molecule has 3 rings (SSSR count). The van der Waals surface area contributed by atoms with Crippen LogP contribution in [-0.4, -0.2) is 31.2 Å². The molecule has 1 saturated heterocycles. The molecule has 25 heavy (non-hydrogen) atoms. The van der Waals surface area contributed by atoms with E-state index < -0.39 is 18.1 Å². The van der Waals surface area contributed by atoms with Crippen LogP contribution >= 0.6 is 0 Å². The van der Waals surface area contributed by atoms with Crippen molar-refractivity contribution in [1.29, 1.82) is 0 Å². The van der Waals surface area contributed by atoms with Gasteiger partial charge in [0.15, 0.2) is 6.04 Å². The van der Waals surface area contributed by atoms with E-state index in [0.717, 1.165) is 16.8 Å². The summed E-state index contributed by atoms with van der Waals surface area (Å²) in [7, 11) is 1.32. The zero-order valence-electron chi connectivity index (χ0n) is 14.2. The smallest absolute Gasteiger partial charge is 0.330 e. The lowest BCUT2D eigenvalue weighted by Gasteiger charge is -2.23. The molecule has 2 atom stereocenters. The third kappa shape index (κ3) is 3.55. The van der Waals surface area contributed by atoms with Crippen molar-refractivity contribution in [3.8, 4) is 0 Å². The second kappa shape index (κ2) is 7.21. The topological polar surface area (TPSA) is 58.6 Å². The largest absolute Gasteiger partial charge is 0.467 e. The summed E-state index contributed by atoms with van der Waals surface area (Å²) in [5, 5.41) is 2.72. The summed E-state index contributed by atoms with van der Waals surface area (Å²) in [5.41, 5.74) is 2.83. The van der Waals surface area contributed by atoms with Crippen molar-refractivity contribution in [1.82, 2.24) is 5.32 Å². The van der Waals surface area contributed by atoms with E-state index in [2.05, 4.69) is 5.32 Å². The normalized spacial score (nSPS) is 19.9. The first kappa shape index (κ1) is 16.8. The van der Waals surface area contributed by atoms with Crippen molar-refractivity contribution in [3.05, 3.63) is 71.8 Å². The average Bonchev–Trinajstić information content (AvgIpc) is 2.97. The summed E-state index contributed by atoms with van der Waals surface area (Å²) in [6, 6.07) is 15.8. The van der Waals surface area contributed by atoms with Crippen LogP contribution in [0.3, 0.4) is 0 Å². The number of urea groups is 1. The minimum atomic E-state index is -0.751. The second-order valence-corrected chi connectivity index (χ2v) is 5.92. The Hall–Kier alpha value is -3.08. The maximum atomic E-state index is 12.5. The lowest BCUT2D eigenvalue weighted by molar-refractivity contribution is -0.142. The molecule has 1 N–H and O–H groups in total. The summed E-state index contributed by atoms with van der Waals surface area (Å²) in [4.78, 5) is 26.2. The molecule has 2 aromatic carbocycles. The lowest BCUT2D eigenvalue weighted by Crippen LogP contribution is -2.41. The van der Waals surface area contributed by atoms with Gasteiger partial charge in [0.25, 0.3) is 0 Å². The van der Waals surface area contributed by atoms with Crippen molar-refractivity contribution in [3.63, 3.8) is 0 Å². The Morgan fingerprint density at radius 1 is 1.12 bits per heavy atom. The SMILES string of the molecule is COC(=O)[C@@H]1NC(=O)N(c2ccc(C)cc2)[C@H]1/C=C/c1ccccc1. The molecule has 0 unspecified atom stereocenters. The third-order valence-corrected chi connectivity index (χ3v) is 4.19. The van der Waals surface area contributed by atoms with Gasteiger partial charge in [-0.2, -0.15) is 0 Å². The molecule has 0 saturated carbocycles. The number of rotatable bonds is 4. The molecule has 128 valence electrons. The average molecular weight is 336 g/mol. The van der Waals surface area contributed by atoms with E-state index in [0.29, 0.717) is 0 Å². The van der Waals surface area contributed by atoms with Gasteiger partial charge in [-0.05, 0) is 24.6 Å². The molecule has 1 aliphatic rings. The maximum absolute atomic E-state index is 12.5. The van der Waals surface area contributed by atoms with Crippen LogP contribution in [0.15, 0.2) is 60.7 Å². The van der Waals surface area contributed by atoms with E-state index in [4.69, 9.17) is 4.74 Å². The number of carbonyl (C=O) groups excluding carboxylic acids is 2. The maximum Gasteiger partial charge on any atom is 0.330 e. The Balaban J connectivity index is 1.96. The first-order chi connectivity index (χ1) is 12.1. The minimum Gasteiger partial charge on any atom is -0.467 e. The Morgan fingerprint density at radius 3 is 2.44 bits per heavy atom. The number of anilines is 1. The molecule has 2 aromatic rings. The number of benzene rings is 2. The zero-order chi connectivity index (χ0) is 17.8. The Bertz CT molecular complexity index is 784. The standard InChI is InChI=1S/C20H20N2O3/c1-14-8-11-16(12-9-14)22-17(13-10-15-6-4-3-5-7-15)18(19(23)25-2)21-20(22)24/h3-13,17-18H,1-2H3,(H,21,24)/b13-10+/t17-,18+/m0/s1.